The molecule has 1 aliphatic heterocycles. The Balaban J connectivity index is 2.02. The van der Waals surface area contributed by atoms with Gasteiger partial charge in [0.1, 0.15) is 11.4 Å². The minimum atomic E-state index is -0.518. The van der Waals surface area contributed by atoms with E-state index in [1.807, 2.05) is 56.3 Å². The van der Waals surface area contributed by atoms with Crippen LogP contribution in [0.4, 0.5) is 5.69 Å². The minimum absolute atomic E-state index is 0.245. The summed E-state index contributed by atoms with van der Waals surface area (Å²) in [6.45, 7) is 5.65. The monoisotopic (exact) mass is 409 g/mol. The van der Waals surface area contributed by atoms with Crippen LogP contribution < -0.4 is 15.4 Å². The van der Waals surface area contributed by atoms with Crippen LogP contribution in [0.3, 0.4) is 0 Å². The fourth-order valence-electron chi connectivity index (χ4n) is 2.96. The first-order valence-corrected chi connectivity index (χ1v) is 9.99. The van der Waals surface area contributed by atoms with Crippen LogP contribution in [0.5, 0.6) is 5.75 Å². The standard InChI is InChI=1S/C22H23N3O3S/c1-13-9-14(2)11-17(10-13)25-21(27)19(24-22(25)29-15(3)20(23)26)12-16-5-7-18(28-4)8-6-16/h5-12,15H,1-4H3,(H2,23,26)/b19-12+/t15-/m0/s1. The molecule has 1 atom stereocenters. The van der Waals surface area contributed by atoms with Crippen molar-refractivity contribution in [2.45, 2.75) is 26.0 Å². The Morgan fingerprint density at radius 2 is 1.79 bits per heavy atom. The Kier molecular flexibility index (Phi) is 6.08. The van der Waals surface area contributed by atoms with E-state index in [9.17, 15) is 9.59 Å². The lowest BCUT2D eigenvalue weighted by Crippen LogP contribution is -2.33. The van der Waals surface area contributed by atoms with Gasteiger partial charge in [-0.2, -0.15) is 0 Å². The summed E-state index contributed by atoms with van der Waals surface area (Å²) in [5.74, 6) is 0.0277. The topological polar surface area (TPSA) is 85.0 Å². The molecule has 150 valence electrons. The number of amides is 2. The summed E-state index contributed by atoms with van der Waals surface area (Å²) >= 11 is 1.17. The Morgan fingerprint density at radius 3 is 2.34 bits per heavy atom. The van der Waals surface area contributed by atoms with Crippen molar-refractivity contribution in [2.24, 2.45) is 10.7 Å². The van der Waals surface area contributed by atoms with Gasteiger partial charge in [0.05, 0.1) is 18.0 Å². The van der Waals surface area contributed by atoms with Crippen LogP contribution in [0.25, 0.3) is 6.08 Å². The van der Waals surface area contributed by atoms with Crippen LogP contribution in [0.2, 0.25) is 0 Å². The molecule has 0 saturated heterocycles. The van der Waals surface area contributed by atoms with Gasteiger partial charge < -0.3 is 10.5 Å². The van der Waals surface area contributed by atoms with Crippen molar-refractivity contribution in [3.05, 3.63) is 64.9 Å². The average Bonchev–Trinajstić information content (AvgIpc) is 2.96. The number of anilines is 1. The molecule has 0 spiro atoms. The van der Waals surface area contributed by atoms with Gasteiger partial charge in [0.25, 0.3) is 5.91 Å². The van der Waals surface area contributed by atoms with Gasteiger partial charge >= 0.3 is 0 Å². The van der Waals surface area contributed by atoms with Crippen molar-refractivity contribution >= 4 is 40.5 Å². The lowest BCUT2D eigenvalue weighted by atomic mass is 10.1. The fraction of sp³-hybridized carbons (Fsp3) is 0.227. The summed E-state index contributed by atoms with van der Waals surface area (Å²) < 4.78 is 5.17. The highest BCUT2D eigenvalue weighted by Gasteiger charge is 2.34. The number of nitrogens with zero attached hydrogens (tertiary/aromatic N) is 2. The Bertz CT molecular complexity index is 992. The van der Waals surface area contributed by atoms with Gasteiger partial charge in [-0.15, -0.1) is 0 Å². The Hall–Kier alpha value is -3.06. The number of carbonyl (C=O) groups excluding carboxylic acids is 2. The fourth-order valence-corrected chi connectivity index (χ4v) is 3.83. The number of ether oxygens (including phenoxy) is 1. The van der Waals surface area contributed by atoms with Crippen molar-refractivity contribution < 1.29 is 14.3 Å². The molecule has 0 radical (unpaired) electrons. The second-order valence-corrected chi connectivity index (χ2v) is 8.15. The summed E-state index contributed by atoms with van der Waals surface area (Å²) in [5.41, 5.74) is 9.33. The second-order valence-electron chi connectivity index (χ2n) is 6.85. The SMILES string of the molecule is COc1ccc(/C=C2/N=C(S[C@@H](C)C(N)=O)N(c3cc(C)cc(C)c3)C2=O)cc1. The van der Waals surface area contributed by atoms with Crippen LogP contribution in [0, 0.1) is 13.8 Å². The molecule has 6 nitrogen and oxygen atoms in total. The lowest BCUT2D eigenvalue weighted by Gasteiger charge is -2.20. The van der Waals surface area contributed by atoms with E-state index in [-0.39, 0.29) is 5.91 Å². The molecule has 1 aliphatic rings. The highest BCUT2D eigenvalue weighted by Crippen LogP contribution is 2.32. The zero-order valence-electron chi connectivity index (χ0n) is 16.8. The highest BCUT2D eigenvalue weighted by molar-refractivity contribution is 8.15. The van der Waals surface area contributed by atoms with E-state index in [1.54, 1.807) is 25.0 Å². The predicted octanol–water partition coefficient (Wildman–Crippen LogP) is 3.66. The molecular formula is C22H23N3O3S. The van der Waals surface area contributed by atoms with Crippen LogP contribution in [-0.2, 0) is 9.59 Å². The van der Waals surface area contributed by atoms with Gasteiger partial charge in [0.15, 0.2) is 5.17 Å². The number of aliphatic imine (C=N–C) groups is 1. The first-order chi connectivity index (χ1) is 13.8. The largest absolute Gasteiger partial charge is 0.497 e. The molecule has 0 saturated carbocycles. The van der Waals surface area contributed by atoms with E-state index >= 15 is 0 Å². The molecule has 1 heterocycles. The predicted molar refractivity (Wildman–Crippen MR) is 118 cm³/mol. The number of carbonyl (C=O) groups is 2. The number of rotatable bonds is 5. The van der Waals surface area contributed by atoms with Gasteiger partial charge in [0.2, 0.25) is 5.91 Å². The number of primary amides is 1. The summed E-state index contributed by atoms with van der Waals surface area (Å²) in [5, 5.41) is -0.0821. The zero-order chi connectivity index (χ0) is 21.1. The number of aryl methyl sites for hydroxylation is 2. The van der Waals surface area contributed by atoms with Crippen molar-refractivity contribution in [2.75, 3.05) is 12.0 Å². The molecule has 2 aromatic rings. The molecule has 2 aromatic carbocycles. The third-order valence-electron chi connectivity index (χ3n) is 4.40. The first kappa shape index (κ1) is 20.7. The summed E-state index contributed by atoms with van der Waals surface area (Å²) in [6, 6.07) is 13.2. The third-order valence-corrected chi connectivity index (χ3v) is 5.47. The van der Waals surface area contributed by atoms with Gasteiger partial charge in [-0.25, -0.2) is 4.99 Å². The van der Waals surface area contributed by atoms with Gasteiger partial charge in [0, 0.05) is 0 Å². The van der Waals surface area contributed by atoms with E-state index in [0.717, 1.165) is 22.4 Å². The summed E-state index contributed by atoms with van der Waals surface area (Å²) in [4.78, 5) is 30.8. The maximum absolute atomic E-state index is 13.2. The molecule has 3 rings (SSSR count). The molecule has 0 aliphatic carbocycles. The van der Waals surface area contributed by atoms with Gasteiger partial charge in [-0.3, -0.25) is 14.5 Å². The maximum Gasteiger partial charge on any atom is 0.283 e. The van der Waals surface area contributed by atoms with Crippen molar-refractivity contribution in [3.63, 3.8) is 0 Å². The quantitative estimate of drug-likeness (QED) is 0.764. The normalized spacial score (nSPS) is 16.1. The third kappa shape index (κ3) is 4.68. The van der Waals surface area contributed by atoms with E-state index in [4.69, 9.17) is 10.5 Å². The zero-order valence-corrected chi connectivity index (χ0v) is 17.6. The number of hydrogen-bond donors (Lipinski definition) is 1. The molecule has 0 fully saturated rings. The Labute approximate surface area is 174 Å². The molecule has 0 unspecified atom stereocenters. The number of benzene rings is 2. The average molecular weight is 410 g/mol. The van der Waals surface area contributed by atoms with E-state index < -0.39 is 11.2 Å². The minimum Gasteiger partial charge on any atom is -0.497 e. The van der Waals surface area contributed by atoms with Crippen molar-refractivity contribution in [1.29, 1.82) is 0 Å². The molecule has 2 amide bonds. The van der Waals surface area contributed by atoms with Crippen molar-refractivity contribution in [3.8, 4) is 5.75 Å². The number of nitrogens with two attached hydrogens (primary N) is 1. The number of amidine groups is 1. The molecule has 0 bridgehead atoms. The van der Waals surface area contributed by atoms with Crippen LogP contribution in [0.1, 0.15) is 23.6 Å². The maximum atomic E-state index is 13.2. The lowest BCUT2D eigenvalue weighted by molar-refractivity contribution is -0.117. The summed E-state index contributed by atoms with van der Waals surface area (Å²) in [6.07, 6.45) is 1.72. The molecule has 2 N–H and O–H groups in total. The second kappa shape index (κ2) is 8.53. The van der Waals surface area contributed by atoms with Crippen molar-refractivity contribution in [1.82, 2.24) is 0 Å². The molecule has 0 aromatic heterocycles. The Morgan fingerprint density at radius 1 is 1.17 bits per heavy atom. The van der Waals surface area contributed by atoms with Crippen LogP contribution in [-0.4, -0.2) is 29.3 Å². The number of thioether (sulfide) groups is 1. The number of hydrogen-bond acceptors (Lipinski definition) is 5. The molecular weight excluding hydrogens is 386 g/mol. The smallest absolute Gasteiger partial charge is 0.283 e. The van der Waals surface area contributed by atoms with E-state index in [0.29, 0.717) is 16.6 Å². The van der Waals surface area contributed by atoms with Gasteiger partial charge in [-0.05, 0) is 67.8 Å². The van der Waals surface area contributed by atoms with E-state index in [1.165, 1.54) is 11.8 Å². The highest BCUT2D eigenvalue weighted by atomic mass is 32.2. The van der Waals surface area contributed by atoms with E-state index in [2.05, 4.69) is 4.99 Å². The molecule has 29 heavy (non-hydrogen) atoms. The number of methoxy groups -OCH3 is 1. The molecule has 7 heteroatoms. The first-order valence-electron chi connectivity index (χ1n) is 9.11. The van der Waals surface area contributed by atoms with Crippen LogP contribution >= 0.6 is 11.8 Å². The summed E-state index contributed by atoms with van der Waals surface area (Å²) in [7, 11) is 1.60. The van der Waals surface area contributed by atoms with Gasteiger partial charge in [-0.1, -0.05) is 30.0 Å². The van der Waals surface area contributed by atoms with Crippen LogP contribution in [0.15, 0.2) is 53.2 Å².